The smallest absolute Gasteiger partial charge is 0.271 e. The van der Waals surface area contributed by atoms with E-state index in [1.165, 1.54) is 21.9 Å². The summed E-state index contributed by atoms with van der Waals surface area (Å²) in [6.45, 7) is 3.99. The molecule has 9 nitrogen and oxygen atoms in total. The largest absolute Gasteiger partial charge is 0.289 e. The van der Waals surface area contributed by atoms with Crippen molar-refractivity contribution in [1.82, 2.24) is 30.0 Å². The first kappa shape index (κ1) is 14.5. The molecule has 0 fully saturated rings. The van der Waals surface area contributed by atoms with Crippen molar-refractivity contribution < 1.29 is 4.79 Å². The summed E-state index contributed by atoms with van der Waals surface area (Å²) in [6, 6.07) is 3.95. The zero-order valence-corrected chi connectivity index (χ0v) is 13.5. The van der Waals surface area contributed by atoms with Gasteiger partial charge < -0.3 is 0 Å². The van der Waals surface area contributed by atoms with Crippen molar-refractivity contribution >= 4 is 38.4 Å². The summed E-state index contributed by atoms with van der Waals surface area (Å²) in [5.41, 5.74) is 2.43. The van der Waals surface area contributed by atoms with Gasteiger partial charge >= 0.3 is 0 Å². The predicted molar refractivity (Wildman–Crippen MR) is 88.4 cm³/mol. The van der Waals surface area contributed by atoms with E-state index < -0.39 is 11.5 Å². The highest BCUT2D eigenvalue weighted by atomic mass is 32.1. The number of tetrazole rings is 1. The fourth-order valence-corrected chi connectivity index (χ4v) is 3.46. The number of aromatic amines is 1. The van der Waals surface area contributed by atoms with Crippen LogP contribution in [0.4, 0.5) is 5.95 Å². The Morgan fingerprint density at radius 3 is 2.83 bits per heavy atom. The lowest BCUT2D eigenvalue weighted by Gasteiger charge is -2.02. The number of carbonyl (C=O) groups excluding carboxylic acids is 1. The van der Waals surface area contributed by atoms with E-state index in [0.717, 1.165) is 21.3 Å². The average Bonchev–Trinajstić information content (AvgIpc) is 3.16. The zero-order valence-electron chi connectivity index (χ0n) is 12.7. The summed E-state index contributed by atoms with van der Waals surface area (Å²) in [7, 11) is 0. The SMILES string of the molecule is Cc1cc2sc3ncc(C(=O)Nc4nnn[nH]4)c(=O)n3c2cc1C. The molecule has 0 bridgehead atoms. The van der Waals surface area contributed by atoms with Crippen molar-refractivity contribution in [3.05, 3.63) is 45.4 Å². The highest BCUT2D eigenvalue weighted by Crippen LogP contribution is 2.26. The molecule has 1 amide bonds. The first-order valence-electron chi connectivity index (χ1n) is 7.01. The fraction of sp³-hybridized carbons (Fsp3) is 0.143. The molecule has 0 aliphatic carbocycles. The minimum Gasteiger partial charge on any atom is -0.289 e. The number of anilines is 1. The van der Waals surface area contributed by atoms with Gasteiger partial charge in [-0.05, 0) is 47.5 Å². The number of amides is 1. The molecule has 0 saturated carbocycles. The van der Waals surface area contributed by atoms with Gasteiger partial charge in [0.05, 0.1) is 10.2 Å². The van der Waals surface area contributed by atoms with Gasteiger partial charge in [-0.2, -0.15) is 0 Å². The van der Waals surface area contributed by atoms with E-state index in [0.29, 0.717) is 4.96 Å². The molecule has 10 heteroatoms. The average molecular weight is 341 g/mol. The second-order valence-electron chi connectivity index (χ2n) is 5.31. The molecule has 1 aromatic carbocycles. The molecule has 0 saturated heterocycles. The second-order valence-corrected chi connectivity index (χ2v) is 6.31. The normalized spacial score (nSPS) is 11.2. The number of aromatic nitrogens is 6. The number of rotatable bonds is 2. The molecule has 2 N–H and O–H groups in total. The van der Waals surface area contributed by atoms with E-state index in [2.05, 4.69) is 30.9 Å². The van der Waals surface area contributed by atoms with Crippen LogP contribution < -0.4 is 10.9 Å². The van der Waals surface area contributed by atoms with Gasteiger partial charge in [-0.25, -0.2) is 10.1 Å². The van der Waals surface area contributed by atoms with Crippen LogP contribution in [-0.4, -0.2) is 35.9 Å². The molecule has 0 aliphatic heterocycles. The Morgan fingerprint density at radius 2 is 2.08 bits per heavy atom. The monoisotopic (exact) mass is 341 g/mol. The van der Waals surface area contributed by atoms with Crippen LogP contribution in [0.25, 0.3) is 15.2 Å². The van der Waals surface area contributed by atoms with Crippen molar-refractivity contribution in [3.63, 3.8) is 0 Å². The van der Waals surface area contributed by atoms with Crippen LogP contribution in [0.3, 0.4) is 0 Å². The number of fused-ring (bicyclic) bond motifs is 3. The lowest BCUT2D eigenvalue weighted by molar-refractivity contribution is 0.102. The molecule has 4 aromatic rings. The Labute approximate surface area is 138 Å². The predicted octanol–water partition coefficient (Wildman–Crippen LogP) is 1.29. The van der Waals surface area contributed by atoms with E-state index in [4.69, 9.17) is 0 Å². The third kappa shape index (κ3) is 2.15. The summed E-state index contributed by atoms with van der Waals surface area (Å²) in [4.78, 5) is 29.8. The van der Waals surface area contributed by atoms with Gasteiger partial charge in [0.25, 0.3) is 11.5 Å². The third-order valence-electron chi connectivity index (χ3n) is 3.77. The molecule has 0 radical (unpaired) electrons. The zero-order chi connectivity index (χ0) is 16.8. The van der Waals surface area contributed by atoms with Crippen molar-refractivity contribution in [2.45, 2.75) is 13.8 Å². The van der Waals surface area contributed by atoms with Crippen molar-refractivity contribution in [2.75, 3.05) is 5.32 Å². The molecule has 0 atom stereocenters. The van der Waals surface area contributed by atoms with Gasteiger partial charge in [-0.3, -0.25) is 19.3 Å². The van der Waals surface area contributed by atoms with Crippen molar-refractivity contribution in [2.24, 2.45) is 0 Å². The van der Waals surface area contributed by atoms with Crippen LogP contribution in [0.5, 0.6) is 0 Å². The summed E-state index contributed by atoms with van der Waals surface area (Å²) < 4.78 is 2.40. The standard InChI is InChI=1S/C14H11N7O2S/c1-6-3-9-10(4-7(6)2)24-14-15-5-8(12(23)21(9)14)11(22)16-13-17-19-20-18-13/h3-5H,1-2H3,(H2,16,17,18,19,20,22). The molecule has 3 heterocycles. The molecule has 4 rings (SSSR count). The number of hydrogen-bond donors (Lipinski definition) is 2. The first-order chi connectivity index (χ1) is 11.5. The molecule has 120 valence electrons. The number of nitrogens with zero attached hydrogens (tertiary/aromatic N) is 5. The van der Waals surface area contributed by atoms with Gasteiger partial charge in [0, 0.05) is 6.20 Å². The number of hydrogen-bond acceptors (Lipinski definition) is 7. The second kappa shape index (κ2) is 5.20. The minimum atomic E-state index is -0.622. The summed E-state index contributed by atoms with van der Waals surface area (Å²) in [6.07, 6.45) is 1.27. The van der Waals surface area contributed by atoms with Gasteiger partial charge in [-0.15, -0.1) is 0 Å². The van der Waals surface area contributed by atoms with E-state index in [1.54, 1.807) is 0 Å². The van der Waals surface area contributed by atoms with E-state index in [9.17, 15) is 9.59 Å². The maximum absolute atomic E-state index is 12.8. The van der Waals surface area contributed by atoms with Crippen LogP contribution in [0, 0.1) is 13.8 Å². The van der Waals surface area contributed by atoms with Gasteiger partial charge in [0.2, 0.25) is 5.95 Å². The van der Waals surface area contributed by atoms with E-state index in [-0.39, 0.29) is 11.5 Å². The van der Waals surface area contributed by atoms with Crippen LogP contribution in [-0.2, 0) is 0 Å². The number of nitrogens with one attached hydrogen (secondary N) is 2. The number of benzene rings is 1. The number of aryl methyl sites for hydroxylation is 2. The first-order valence-corrected chi connectivity index (χ1v) is 7.83. The Morgan fingerprint density at radius 1 is 1.29 bits per heavy atom. The minimum absolute atomic E-state index is 0.0612. The summed E-state index contributed by atoms with van der Waals surface area (Å²) >= 11 is 1.41. The summed E-state index contributed by atoms with van der Waals surface area (Å²) in [5.74, 6) is -0.560. The van der Waals surface area contributed by atoms with E-state index >= 15 is 0 Å². The Balaban J connectivity index is 1.91. The Hall–Kier alpha value is -3.14. The topological polar surface area (TPSA) is 118 Å². The number of thiazole rings is 1. The molecule has 0 unspecified atom stereocenters. The molecular weight excluding hydrogens is 330 g/mol. The number of carbonyl (C=O) groups is 1. The molecule has 0 aliphatic rings. The maximum Gasteiger partial charge on any atom is 0.271 e. The number of H-pyrrole nitrogens is 1. The van der Waals surface area contributed by atoms with E-state index in [1.807, 2.05) is 26.0 Å². The fourth-order valence-electron chi connectivity index (χ4n) is 2.40. The Kier molecular flexibility index (Phi) is 3.13. The summed E-state index contributed by atoms with van der Waals surface area (Å²) in [5, 5.41) is 15.1. The molecule has 3 aromatic heterocycles. The van der Waals surface area contributed by atoms with Crippen LogP contribution in [0.15, 0.2) is 23.1 Å². The van der Waals surface area contributed by atoms with Crippen molar-refractivity contribution in [1.29, 1.82) is 0 Å². The van der Waals surface area contributed by atoms with Crippen LogP contribution in [0.2, 0.25) is 0 Å². The highest BCUT2D eigenvalue weighted by Gasteiger charge is 2.17. The highest BCUT2D eigenvalue weighted by molar-refractivity contribution is 7.23. The molecule has 24 heavy (non-hydrogen) atoms. The van der Waals surface area contributed by atoms with Crippen LogP contribution >= 0.6 is 11.3 Å². The lowest BCUT2D eigenvalue weighted by atomic mass is 10.1. The molecular formula is C14H11N7O2S. The van der Waals surface area contributed by atoms with Crippen LogP contribution in [0.1, 0.15) is 21.5 Å². The van der Waals surface area contributed by atoms with Gasteiger partial charge in [0.15, 0.2) is 4.96 Å². The van der Waals surface area contributed by atoms with Gasteiger partial charge in [-0.1, -0.05) is 16.4 Å². The maximum atomic E-state index is 12.8. The molecule has 0 spiro atoms. The quantitative estimate of drug-likeness (QED) is 0.567. The van der Waals surface area contributed by atoms with Gasteiger partial charge in [0.1, 0.15) is 5.56 Å². The Bertz CT molecular complexity index is 1140. The third-order valence-corrected chi connectivity index (χ3v) is 4.79. The lowest BCUT2D eigenvalue weighted by Crippen LogP contribution is -2.26. The van der Waals surface area contributed by atoms with Crippen molar-refractivity contribution in [3.8, 4) is 0 Å².